The monoisotopic (exact) mass is 470 g/mol. The van der Waals surface area contributed by atoms with Crippen LogP contribution in [0.15, 0.2) is 53.3 Å². The molecule has 0 fully saturated rings. The molecule has 0 aliphatic heterocycles. The Morgan fingerprint density at radius 1 is 1.03 bits per heavy atom. The van der Waals surface area contributed by atoms with Crippen molar-refractivity contribution in [2.24, 2.45) is 0 Å². The largest absolute Gasteiger partial charge is 0.493 e. The summed E-state index contributed by atoms with van der Waals surface area (Å²) in [6, 6.07) is 12.8. The maximum Gasteiger partial charge on any atom is 0.294 e. The lowest BCUT2D eigenvalue weighted by molar-refractivity contribution is 0.0842. The van der Waals surface area contributed by atoms with Crippen molar-refractivity contribution in [1.82, 2.24) is 20.6 Å². The van der Waals surface area contributed by atoms with Crippen molar-refractivity contribution in [3.05, 3.63) is 80.7 Å². The third-order valence-electron chi connectivity index (χ3n) is 4.48. The summed E-state index contributed by atoms with van der Waals surface area (Å²) in [7, 11) is 1.46. The van der Waals surface area contributed by atoms with Crippen LogP contribution in [0.4, 0.5) is 0 Å². The number of hydrogen-bond donors (Lipinski definition) is 2. The Bertz CT molecular complexity index is 1260. The molecule has 2 N–H and O–H groups in total. The fourth-order valence-electron chi connectivity index (χ4n) is 2.98. The molecule has 10 heteroatoms. The molecule has 0 unspecified atom stereocenters. The van der Waals surface area contributed by atoms with E-state index in [-0.39, 0.29) is 11.7 Å². The second kappa shape index (κ2) is 10.2. The number of amides is 2. The van der Waals surface area contributed by atoms with Crippen molar-refractivity contribution in [2.75, 3.05) is 7.11 Å². The van der Waals surface area contributed by atoms with Gasteiger partial charge in [0.15, 0.2) is 17.2 Å². The lowest BCUT2D eigenvalue weighted by Crippen LogP contribution is -2.44. The molecule has 0 saturated carbocycles. The topological polar surface area (TPSA) is 112 Å². The molecule has 0 bridgehead atoms. The van der Waals surface area contributed by atoms with Gasteiger partial charge in [0, 0.05) is 17.3 Å². The molecule has 3 rings (SSSR count). The molecule has 2 aromatic carbocycles. The summed E-state index contributed by atoms with van der Waals surface area (Å²) >= 11 is 6.22. The lowest BCUT2D eigenvalue weighted by atomic mass is 10.2. The van der Waals surface area contributed by atoms with E-state index < -0.39 is 22.9 Å². The summed E-state index contributed by atoms with van der Waals surface area (Å²) in [6.45, 7) is 5.41. The molecule has 0 aliphatic carbocycles. The molecular weight excluding hydrogens is 448 g/mol. The number of aromatic nitrogens is 2. The predicted molar refractivity (Wildman–Crippen MR) is 123 cm³/mol. The van der Waals surface area contributed by atoms with Crippen molar-refractivity contribution in [1.29, 1.82) is 0 Å². The molecule has 9 nitrogen and oxygen atoms in total. The van der Waals surface area contributed by atoms with Gasteiger partial charge in [0.2, 0.25) is 5.43 Å². The number of methoxy groups -OCH3 is 1. The Morgan fingerprint density at radius 2 is 1.73 bits per heavy atom. The van der Waals surface area contributed by atoms with Gasteiger partial charge in [0.05, 0.1) is 23.9 Å². The first-order chi connectivity index (χ1) is 15.7. The van der Waals surface area contributed by atoms with E-state index in [1.54, 1.807) is 37.3 Å². The summed E-state index contributed by atoms with van der Waals surface area (Å²) in [4.78, 5) is 37.5. The van der Waals surface area contributed by atoms with E-state index >= 15 is 0 Å². The van der Waals surface area contributed by atoms with E-state index in [9.17, 15) is 14.4 Å². The minimum Gasteiger partial charge on any atom is -0.493 e. The summed E-state index contributed by atoms with van der Waals surface area (Å²) in [5.41, 5.74) is 4.70. The number of halogens is 1. The van der Waals surface area contributed by atoms with Gasteiger partial charge in [-0.3, -0.25) is 25.2 Å². The van der Waals surface area contributed by atoms with Crippen LogP contribution in [-0.4, -0.2) is 34.8 Å². The third-order valence-corrected chi connectivity index (χ3v) is 4.80. The number of aryl methyl sites for hydroxylation is 1. The van der Waals surface area contributed by atoms with Gasteiger partial charge in [-0.2, -0.15) is 5.10 Å². The van der Waals surface area contributed by atoms with Crippen molar-refractivity contribution in [3.63, 3.8) is 0 Å². The number of hydrogen-bond acceptors (Lipinski definition) is 6. The van der Waals surface area contributed by atoms with Crippen LogP contribution in [0.5, 0.6) is 11.5 Å². The summed E-state index contributed by atoms with van der Waals surface area (Å²) < 4.78 is 12.3. The molecule has 0 atom stereocenters. The zero-order chi connectivity index (χ0) is 24.1. The van der Waals surface area contributed by atoms with Crippen LogP contribution in [0.1, 0.15) is 40.4 Å². The number of rotatable bonds is 6. The fourth-order valence-corrected chi connectivity index (χ4v) is 3.19. The molecule has 0 saturated heterocycles. The summed E-state index contributed by atoms with van der Waals surface area (Å²) in [6.07, 6.45) is -0.0744. The normalized spacial score (nSPS) is 10.6. The highest BCUT2D eigenvalue weighted by Crippen LogP contribution is 2.29. The average molecular weight is 471 g/mol. The van der Waals surface area contributed by atoms with E-state index in [1.165, 1.54) is 30.0 Å². The van der Waals surface area contributed by atoms with Crippen LogP contribution in [-0.2, 0) is 0 Å². The minimum atomic E-state index is -0.874. The number of ether oxygens (including phenoxy) is 2. The quantitative estimate of drug-likeness (QED) is 0.535. The van der Waals surface area contributed by atoms with E-state index in [0.29, 0.717) is 27.9 Å². The highest BCUT2D eigenvalue weighted by atomic mass is 35.5. The van der Waals surface area contributed by atoms with E-state index in [2.05, 4.69) is 16.0 Å². The number of nitrogens with one attached hydrogen (secondary N) is 2. The molecule has 1 aromatic heterocycles. The fraction of sp³-hybridized carbons (Fsp3) is 0.217. The van der Waals surface area contributed by atoms with Crippen LogP contribution in [0, 0.1) is 6.92 Å². The Kier molecular flexibility index (Phi) is 7.34. The van der Waals surface area contributed by atoms with E-state index in [1.807, 2.05) is 13.8 Å². The van der Waals surface area contributed by atoms with Gasteiger partial charge in [-0.05, 0) is 51.1 Å². The van der Waals surface area contributed by atoms with Crippen LogP contribution < -0.4 is 25.8 Å². The lowest BCUT2D eigenvalue weighted by Gasteiger charge is -2.15. The van der Waals surface area contributed by atoms with Crippen LogP contribution in [0.2, 0.25) is 5.02 Å². The van der Waals surface area contributed by atoms with Crippen molar-refractivity contribution < 1.29 is 19.1 Å². The molecule has 0 radical (unpaired) electrons. The van der Waals surface area contributed by atoms with Gasteiger partial charge in [-0.15, -0.1) is 0 Å². The zero-order valence-corrected chi connectivity index (χ0v) is 19.3. The SMILES string of the molecule is COc1cc(C(=O)NNC(=O)c2nn(-c3ccccc3Cl)c(C)cc2=O)ccc1OC(C)C. The molecule has 33 heavy (non-hydrogen) atoms. The maximum absolute atomic E-state index is 12.6. The standard InChI is InChI=1S/C23H23ClN4O5/c1-13(2)33-19-10-9-15(12-20(19)32-4)22(30)25-26-23(31)21-18(29)11-14(3)28(27-21)17-8-6-5-7-16(17)24/h5-13H,1-4H3,(H,25,30)(H,26,31). The first-order valence-electron chi connectivity index (χ1n) is 10.0. The second-order valence-electron chi connectivity index (χ2n) is 7.30. The van der Waals surface area contributed by atoms with Gasteiger partial charge >= 0.3 is 0 Å². The van der Waals surface area contributed by atoms with Crippen molar-refractivity contribution in [3.8, 4) is 17.2 Å². The zero-order valence-electron chi connectivity index (χ0n) is 18.5. The van der Waals surface area contributed by atoms with Crippen LogP contribution in [0.3, 0.4) is 0 Å². The molecule has 3 aromatic rings. The number of para-hydroxylation sites is 1. The molecule has 0 spiro atoms. The summed E-state index contributed by atoms with van der Waals surface area (Å²) in [5.74, 6) is -0.639. The first-order valence-corrected chi connectivity index (χ1v) is 10.4. The Hall–Kier alpha value is -3.85. The Balaban J connectivity index is 1.78. The van der Waals surface area contributed by atoms with E-state index in [4.69, 9.17) is 21.1 Å². The molecule has 172 valence electrons. The minimum absolute atomic E-state index is 0.0744. The van der Waals surface area contributed by atoms with Crippen molar-refractivity contribution >= 4 is 23.4 Å². The maximum atomic E-state index is 12.6. The summed E-state index contributed by atoms with van der Waals surface area (Å²) in [5, 5.41) is 4.54. The average Bonchev–Trinajstić information content (AvgIpc) is 2.78. The number of benzene rings is 2. The smallest absolute Gasteiger partial charge is 0.294 e. The van der Waals surface area contributed by atoms with Crippen molar-refractivity contribution in [2.45, 2.75) is 26.9 Å². The predicted octanol–water partition coefficient (Wildman–Crippen LogP) is 3.06. The van der Waals surface area contributed by atoms with Crippen LogP contribution in [0.25, 0.3) is 5.69 Å². The number of carbonyl (C=O) groups excluding carboxylic acids is 2. The number of nitrogens with zero attached hydrogens (tertiary/aromatic N) is 2. The highest BCUT2D eigenvalue weighted by Gasteiger charge is 2.18. The Labute approximate surface area is 195 Å². The van der Waals surface area contributed by atoms with Crippen LogP contribution >= 0.6 is 11.6 Å². The van der Waals surface area contributed by atoms with Gasteiger partial charge in [-0.1, -0.05) is 23.7 Å². The number of hydrazine groups is 1. The van der Waals surface area contributed by atoms with E-state index in [0.717, 1.165) is 0 Å². The highest BCUT2D eigenvalue weighted by molar-refractivity contribution is 6.32. The first kappa shape index (κ1) is 23.8. The second-order valence-corrected chi connectivity index (χ2v) is 7.71. The molecule has 1 heterocycles. The molecule has 0 aliphatic rings. The molecule has 2 amide bonds. The number of carbonyl (C=O) groups is 2. The Morgan fingerprint density at radius 3 is 2.39 bits per heavy atom. The van der Waals surface area contributed by atoms with Gasteiger partial charge in [0.25, 0.3) is 11.8 Å². The third kappa shape index (κ3) is 5.50. The van der Waals surface area contributed by atoms with Gasteiger partial charge < -0.3 is 9.47 Å². The van der Waals surface area contributed by atoms with Gasteiger partial charge in [0.1, 0.15) is 0 Å². The van der Waals surface area contributed by atoms with Gasteiger partial charge in [-0.25, -0.2) is 4.68 Å². The molecular formula is C23H23ClN4O5.